The number of aliphatic imine (C=N–C) groups is 1. The highest BCUT2D eigenvalue weighted by Crippen LogP contribution is 2.27. The Hall–Kier alpha value is -0.220. The van der Waals surface area contributed by atoms with Gasteiger partial charge in [-0.15, -0.1) is 0 Å². The normalized spacial score (nSPS) is 28.9. The molecule has 2 aliphatic heterocycles. The summed E-state index contributed by atoms with van der Waals surface area (Å²) in [5, 5.41) is 4.58. The van der Waals surface area contributed by atoms with Crippen LogP contribution in [0.25, 0.3) is 0 Å². The molecule has 92 valence electrons. The largest absolute Gasteiger partial charge is 0.381 e. The third kappa shape index (κ3) is 3.67. The summed E-state index contributed by atoms with van der Waals surface area (Å²) in [6.45, 7) is 8.45. The molecule has 0 aliphatic carbocycles. The van der Waals surface area contributed by atoms with Crippen molar-refractivity contribution in [3.63, 3.8) is 0 Å². The molecular weight excluding hydrogens is 220 g/mol. The molecule has 0 amide bonds. The molecule has 1 N–H and O–H groups in total. The number of hydrogen-bond acceptors (Lipinski definition) is 4. The van der Waals surface area contributed by atoms with E-state index in [-0.39, 0.29) is 0 Å². The molecule has 4 heteroatoms. The third-order valence-electron chi connectivity index (χ3n) is 3.10. The summed E-state index contributed by atoms with van der Waals surface area (Å²) in [6, 6.07) is 0. The van der Waals surface area contributed by atoms with Crippen molar-refractivity contribution in [2.45, 2.75) is 26.7 Å². The Bertz CT molecular complexity index is 260. The average molecular weight is 242 g/mol. The second-order valence-corrected chi connectivity index (χ2v) is 6.48. The molecule has 0 bridgehead atoms. The molecule has 3 nitrogen and oxygen atoms in total. The molecule has 1 saturated heterocycles. The van der Waals surface area contributed by atoms with E-state index >= 15 is 0 Å². The van der Waals surface area contributed by atoms with Gasteiger partial charge in [-0.3, -0.25) is 4.99 Å². The highest BCUT2D eigenvalue weighted by Gasteiger charge is 2.23. The topological polar surface area (TPSA) is 33.6 Å². The van der Waals surface area contributed by atoms with Crippen LogP contribution in [0.4, 0.5) is 0 Å². The van der Waals surface area contributed by atoms with Crippen molar-refractivity contribution in [2.24, 2.45) is 16.3 Å². The van der Waals surface area contributed by atoms with Gasteiger partial charge < -0.3 is 10.1 Å². The molecule has 0 aromatic rings. The summed E-state index contributed by atoms with van der Waals surface area (Å²) < 4.78 is 5.36. The van der Waals surface area contributed by atoms with Gasteiger partial charge in [-0.05, 0) is 24.2 Å². The quantitative estimate of drug-likeness (QED) is 0.823. The van der Waals surface area contributed by atoms with Crippen LogP contribution in [0.2, 0.25) is 0 Å². The molecular formula is C12H22N2OS. The van der Waals surface area contributed by atoms with Crippen molar-refractivity contribution in [1.82, 2.24) is 5.32 Å². The summed E-state index contributed by atoms with van der Waals surface area (Å²) in [5.74, 6) is 1.93. The van der Waals surface area contributed by atoms with Crippen LogP contribution in [0.3, 0.4) is 0 Å². The number of thioether (sulfide) groups is 1. The number of amidine groups is 1. The van der Waals surface area contributed by atoms with Gasteiger partial charge in [0.1, 0.15) is 0 Å². The predicted octanol–water partition coefficient (Wildman–Crippen LogP) is 2.13. The van der Waals surface area contributed by atoms with Crippen molar-refractivity contribution >= 4 is 16.9 Å². The predicted molar refractivity (Wildman–Crippen MR) is 70.1 cm³/mol. The summed E-state index contributed by atoms with van der Waals surface area (Å²) in [7, 11) is 0. The van der Waals surface area contributed by atoms with E-state index in [1.165, 1.54) is 18.6 Å². The lowest BCUT2D eigenvalue weighted by atomic mass is 9.97. The number of ether oxygens (including phenoxy) is 1. The Kier molecular flexibility index (Phi) is 4.14. The molecule has 2 aliphatic rings. The Balaban J connectivity index is 1.65. The highest BCUT2D eigenvalue weighted by atomic mass is 32.2. The van der Waals surface area contributed by atoms with Crippen molar-refractivity contribution in [3.8, 4) is 0 Å². The molecule has 0 radical (unpaired) electrons. The van der Waals surface area contributed by atoms with Crippen LogP contribution in [0.15, 0.2) is 4.99 Å². The van der Waals surface area contributed by atoms with Crippen LogP contribution in [0, 0.1) is 11.3 Å². The minimum atomic E-state index is 0.370. The van der Waals surface area contributed by atoms with Crippen LogP contribution >= 0.6 is 11.8 Å². The first-order chi connectivity index (χ1) is 7.66. The van der Waals surface area contributed by atoms with Gasteiger partial charge in [-0.1, -0.05) is 25.6 Å². The lowest BCUT2D eigenvalue weighted by Crippen LogP contribution is -2.32. The first kappa shape index (κ1) is 12.2. The summed E-state index contributed by atoms with van der Waals surface area (Å²) in [5.41, 5.74) is 0.370. The fourth-order valence-corrected chi connectivity index (χ4v) is 2.92. The van der Waals surface area contributed by atoms with Crippen LogP contribution in [0.5, 0.6) is 0 Å². The molecule has 1 atom stereocenters. The molecule has 16 heavy (non-hydrogen) atoms. The average Bonchev–Trinajstić information content (AvgIpc) is 2.73. The van der Waals surface area contributed by atoms with E-state index in [1.54, 1.807) is 0 Å². The maximum atomic E-state index is 5.36. The van der Waals surface area contributed by atoms with Gasteiger partial charge >= 0.3 is 0 Å². The zero-order chi connectivity index (χ0) is 11.4. The summed E-state index contributed by atoms with van der Waals surface area (Å²) >= 11 is 1.86. The van der Waals surface area contributed by atoms with Crippen LogP contribution in [-0.4, -0.2) is 37.2 Å². The molecule has 1 unspecified atom stereocenters. The standard InChI is InChI=1S/C12H22N2OS/c1-12(2)8-14-11(16-9-12)13-5-3-10-4-6-15-7-10/h10H,3-9H2,1-2H3,(H,13,14). The van der Waals surface area contributed by atoms with Gasteiger partial charge in [0.25, 0.3) is 0 Å². The molecule has 0 aromatic heterocycles. The fourth-order valence-electron chi connectivity index (χ4n) is 1.94. The molecule has 0 aromatic carbocycles. The Labute approximate surface area is 102 Å². The number of hydrogen-bond donors (Lipinski definition) is 1. The van der Waals surface area contributed by atoms with E-state index in [0.29, 0.717) is 5.41 Å². The van der Waals surface area contributed by atoms with Crippen molar-refractivity contribution < 1.29 is 4.74 Å². The lowest BCUT2D eigenvalue weighted by Gasteiger charge is -2.27. The third-order valence-corrected chi connectivity index (χ3v) is 4.58. The number of nitrogens with one attached hydrogen (secondary N) is 1. The van der Waals surface area contributed by atoms with Crippen LogP contribution in [-0.2, 0) is 4.74 Å². The zero-order valence-electron chi connectivity index (χ0n) is 10.3. The minimum absolute atomic E-state index is 0.370. The molecule has 2 heterocycles. The van der Waals surface area contributed by atoms with Gasteiger partial charge in [0.15, 0.2) is 5.17 Å². The number of rotatable bonds is 3. The van der Waals surface area contributed by atoms with Crippen molar-refractivity contribution in [3.05, 3.63) is 0 Å². The van der Waals surface area contributed by atoms with Crippen molar-refractivity contribution in [2.75, 3.05) is 32.1 Å². The van der Waals surface area contributed by atoms with Crippen molar-refractivity contribution in [1.29, 1.82) is 0 Å². The molecule has 1 fully saturated rings. The Morgan fingerprint density at radius 1 is 1.56 bits per heavy atom. The maximum absolute atomic E-state index is 5.36. The van der Waals surface area contributed by atoms with E-state index < -0.39 is 0 Å². The SMILES string of the molecule is CC1(C)CN=C(NCCC2CCOC2)SC1. The van der Waals surface area contributed by atoms with E-state index in [2.05, 4.69) is 24.2 Å². The fraction of sp³-hybridized carbons (Fsp3) is 0.917. The van der Waals surface area contributed by atoms with Gasteiger partial charge in [0, 0.05) is 32.1 Å². The van der Waals surface area contributed by atoms with Gasteiger partial charge in [-0.2, -0.15) is 0 Å². The molecule has 0 spiro atoms. The molecule has 2 rings (SSSR count). The molecule has 0 saturated carbocycles. The minimum Gasteiger partial charge on any atom is -0.381 e. The second kappa shape index (κ2) is 5.41. The Morgan fingerprint density at radius 2 is 2.44 bits per heavy atom. The first-order valence-corrected chi connectivity index (χ1v) is 7.13. The summed E-state index contributed by atoms with van der Waals surface area (Å²) in [4.78, 5) is 4.58. The van der Waals surface area contributed by atoms with Crippen LogP contribution < -0.4 is 5.32 Å². The first-order valence-electron chi connectivity index (χ1n) is 6.15. The Morgan fingerprint density at radius 3 is 3.06 bits per heavy atom. The van der Waals surface area contributed by atoms with Gasteiger partial charge in [0.05, 0.1) is 0 Å². The second-order valence-electron chi connectivity index (χ2n) is 5.52. The van der Waals surface area contributed by atoms with E-state index in [0.717, 1.165) is 37.4 Å². The maximum Gasteiger partial charge on any atom is 0.156 e. The van der Waals surface area contributed by atoms with Gasteiger partial charge in [-0.25, -0.2) is 0 Å². The zero-order valence-corrected chi connectivity index (χ0v) is 11.1. The smallest absolute Gasteiger partial charge is 0.156 e. The van der Waals surface area contributed by atoms with E-state index in [4.69, 9.17) is 4.74 Å². The summed E-state index contributed by atoms with van der Waals surface area (Å²) in [6.07, 6.45) is 2.44. The van der Waals surface area contributed by atoms with Crippen LogP contribution in [0.1, 0.15) is 26.7 Å². The monoisotopic (exact) mass is 242 g/mol. The highest BCUT2D eigenvalue weighted by molar-refractivity contribution is 8.13. The lowest BCUT2D eigenvalue weighted by molar-refractivity contribution is 0.184. The van der Waals surface area contributed by atoms with E-state index in [1.807, 2.05) is 11.8 Å². The van der Waals surface area contributed by atoms with E-state index in [9.17, 15) is 0 Å². The van der Waals surface area contributed by atoms with Gasteiger partial charge in [0.2, 0.25) is 0 Å². The number of nitrogens with zero attached hydrogens (tertiary/aromatic N) is 1.